The van der Waals surface area contributed by atoms with Crippen LogP contribution in [0.2, 0.25) is 0 Å². The van der Waals surface area contributed by atoms with Crippen molar-refractivity contribution in [1.29, 1.82) is 0 Å². The van der Waals surface area contributed by atoms with Crippen molar-refractivity contribution in [2.24, 2.45) is 0 Å². The van der Waals surface area contributed by atoms with Gasteiger partial charge < -0.3 is 13.5 Å². The van der Waals surface area contributed by atoms with Gasteiger partial charge in [-0.15, -0.1) is 0 Å². The Balaban J connectivity index is 1.39. The lowest BCUT2D eigenvalue weighted by Crippen LogP contribution is -2.34. The molecule has 0 N–H and O–H groups in total. The first-order chi connectivity index (χ1) is 20.6. The highest BCUT2D eigenvalue weighted by Gasteiger charge is 2.32. The molecule has 0 aliphatic carbocycles. The molecule has 43 heavy (non-hydrogen) atoms. The van der Waals surface area contributed by atoms with Crippen LogP contribution in [0.25, 0.3) is 0 Å². The minimum atomic E-state index is -4.70. The van der Waals surface area contributed by atoms with Crippen LogP contribution in [0.4, 0.5) is 13.2 Å². The normalized spacial score (nSPS) is 11.8. The third kappa shape index (κ3) is 7.34. The lowest BCUT2D eigenvalue weighted by atomic mass is 9.90. The average Bonchev–Trinajstić information content (AvgIpc) is 3.52. The van der Waals surface area contributed by atoms with E-state index in [1.54, 1.807) is 29.2 Å². The summed E-state index contributed by atoms with van der Waals surface area (Å²) in [6, 6.07) is 31.7. The average molecular weight is 606 g/mol. The van der Waals surface area contributed by atoms with Crippen LogP contribution in [0.15, 0.2) is 137 Å². The second-order valence-corrected chi connectivity index (χ2v) is 11.3. The van der Waals surface area contributed by atoms with Gasteiger partial charge in [0.1, 0.15) is 16.4 Å². The molecule has 1 aromatic heterocycles. The van der Waals surface area contributed by atoms with E-state index in [1.807, 2.05) is 60.7 Å². The fourth-order valence-corrected chi connectivity index (χ4v) is 5.60. The molecule has 0 fully saturated rings. The van der Waals surface area contributed by atoms with E-state index in [2.05, 4.69) is 0 Å². The monoisotopic (exact) mass is 605 g/mol. The van der Waals surface area contributed by atoms with Gasteiger partial charge >= 0.3 is 16.3 Å². The first-order valence-corrected chi connectivity index (χ1v) is 14.6. The maximum absolute atomic E-state index is 14.2. The molecule has 5 rings (SSSR count). The molecule has 4 aromatic carbocycles. The summed E-state index contributed by atoms with van der Waals surface area (Å²) >= 11 is 0. The number of hydrogen-bond acceptors (Lipinski definition) is 5. The number of benzene rings is 4. The first-order valence-electron chi connectivity index (χ1n) is 13.2. The smallest absolute Gasteiger partial charge is 0.416 e. The predicted octanol–water partition coefficient (Wildman–Crippen LogP) is 7.43. The van der Waals surface area contributed by atoms with E-state index < -0.39 is 32.7 Å². The summed E-state index contributed by atoms with van der Waals surface area (Å²) in [5.74, 6) is -0.254. The summed E-state index contributed by atoms with van der Waals surface area (Å²) in [6.07, 6.45) is -3.17. The van der Waals surface area contributed by atoms with Gasteiger partial charge in [-0.25, -0.2) is 0 Å². The zero-order chi connectivity index (χ0) is 30.5. The molecule has 220 valence electrons. The van der Waals surface area contributed by atoms with Crippen molar-refractivity contribution >= 4 is 16.0 Å². The molecule has 0 atom stereocenters. The van der Waals surface area contributed by atoms with Gasteiger partial charge in [0, 0.05) is 6.54 Å². The Kier molecular flexibility index (Phi) is 8.68. The Morgan fingerprint density at radius 3 is 1.95 bits per heavy atom. The molecule has 6 nitrogen and oxygen atoms in total. The van der Waals surface area contributed by atoms with E-state index in [1.165, 1.54) is 18.4 Å². The number of halogens is 3. The van der Waals surface area contributed by atoms with Crippen LogP contribution in [-0.4, -0.2) is 19.2 Å². The zero-order valence-corrected chi connectivity index (χ0v) is 23.5. The zero-order valence-electron chi connectivity index (χ0n) is 22.6. The number of hydrogen-bond donors (Lipinski definition) is 0. The van der Waals surface area contributed by atoms with E-state index in [0.717, 1.165) is 29.3 Å². The molecular weight excluding hydrogens is 579 g/mol. The van der Waals surface area contributed by atoms with Crippen molar-refractivity contribution in [2.45, 2.75) is 30.1 Å². The maximum Gasteiger partial charge on any atom is 0.416 e. The Morgan fingerprint density at radius 2 is 1.40 bits per heavy atom. The van der Waals surface area contributed by atoms with Crippen molar-refractivity contribution in [3.05, 3.63) is 156 Å². The maximum atomic E-state index is 14.2. The molecule has 10 heteroatoms. The Morgan fingerprint density at radius 1 is 0.767 bits per heavy atom. The van der Waals surface area contributed by atoms with Crippen molar-refractivity contribution in [3.8, 4) is 5.75 Å². The predicted molar refractivity (Wildman–Crippen MR) is 153 cm³/mol. The molecule has 0 saturated carbocycles. The summed E-state index contributed by atoms with van der Waals surface area (Å²) < 4.78 is 75.3. The van der Waals surface area contributed by atoms with Gasteiger partial charge in [0.15, 0.2) is 0 Å². The van der Waals surface area contributed by atoms with Gasteiger partial charge in [-0.2, -0.15) is 21.6 Å². The Hall–Kier alpha value is -4.83. The minimum Gasteiger partial charge on any atom is -0.467 e. The number of furan rings is 1. The van der Waals surface area contributed by atoms with Crippen LogP contribution >= 0.6 is 0 Å². The van der Waals surface area contributed by atoms with E-state index in [9.17, 15) is 26.4 Å². The molecule has 0 spiro atoms. The molecule has 0 radical (unpaired) electrons. The number of rotatable bonds is 10. The summed E-state index contributed by atoms with van der Waals surface area (Å²) in [6.45, 7) is 0.348. The van der Waals surface area contributed by atoms with Gasteiger partial charge in [-0.3, -0.25) is 4.79 Å². The van der Waals surface area contributed by atoms with E-state index in [4.69, 9.17) is 8.60 Å². The number of carbonyl (C=O) groups excluding carboxylic acids is 1. The number of carbonyl (C=O) groups is 1. The van der Waals surface area contributed by atoms with Crippen molar-refractivity contribution in [1.82, 2.24) is 4.90 Å². The topological polar surface area (TPSA) is 76.8 Å². The second-order valence-electron chi connectivity index (χ2n) is 9.74. The molecule has 0 bridgehead atoms. The lowest BCUT2D eigenvalue weighted by Gasteiger charge is -2.28. The summed E-state index contributed by atoms with van der Waals surface area (Å²) in [7, 11) is -4.53. The largest absolute Gasteiger partial charge is 0.467 e. The van der Waals surface area contributed by atoms with E-state index in [0.29, 0.717) is 17.4 Å². The SMILES string of the molecule is O=C(C(c1ccccc1)c1ccccc1)N(Cc1ccc(OS(=O)(=O)c2cccc(C(F)(F)F)c2)cc1)Cc1ccco1. The van der Waals surface area contributed by atoms with Gasteiger partial charge in [-0.05, 0) is 59.2 Å². The highest BCUT2D eigenvalue weighted by atomic mass is 32.2. The molecule has 1 amide bonds. The van der Waals surface area contributed by atoms with Crippen LogP contribution < -0.4 is 4.18 Å². The third-order valence-electron chi connectivity index (χ3n) is 6.70. The quantitative estimate of drug-likeness (QED) is 0.155. The van der Waals surface area contributed by atoms with E-state index in [-0.39, 0.29) is 24.7 Å². The summed E-state index contributed by atoms with van der Waals surface area (Å²) in [4.78, 5) is 15.2. The van der Waals surface area contributed by atoms with E-state index >= 15 is 0 Å². The van der Waals surface area contributed by atoms with Crippen LogP contribution in [0.5, 0.6) is 5.75 Å². The number of alkyl halides is 3. The van der Waals surface area contributed by atoms with Crippen molar-refractivity contribution in [2.75, 3.05) is 0 Å². The Labute approximate surface area is 247 Å². The number of amides is 1. The summed E-state index contributed by atoms with van der Waals surface area (Å²) in [5.41, 5.74) is 1.22. The Bertz CT molecular complexity index is 1720. The molecular formula is C33H26F3NO5S. The van der Waals surface area contributed by atoms with Gasteiger partial charge in [0.05, 0.1) is 24.3 Å². The van der Waals surface area contributed by atoms with Gasteiger partial charge in [-0.1, -0.05) is 78.9 Å². The fourth-order valence-electron chi connectivity index (χ4n) is 4.63. The van der Waals surface area contributed by atoms with Gasteiger partial charge in [0.25, 0.3) is 0 Å². The van der Waals surface area contributed by atoms with Crippen LogP contribution in [-0.2, 0) is 34.2 Å². The molecule has 0 aliphatic heterocycles. The van der Waals surface area contributed by atoms with Crippen LogP contribution in [0.3, 0.4) is 0 Å². The second kappa shape index (κ2) is 12.6. The fraction of sp³-hybridized carbons (Fsp3) is 0.121. The molecule has 5 aromatic rings. The first kappa shape index (κ1) is 29.7. The number of nitrogens with zero attached hydrogens (tertiary/aromatic N) is 1. The highest BCUT2D eigenvalue weighted by Crippen LogP contribution is 2.32. The lowest BCUT2D eigenvalue weighted by molar-refractivity contribution is -0.137. The van der Waals surface area contributed by atoms with Crippen LogP contribution in [0.1, 0.15) is 33.9 Å². The standard InChI is InChI=1S/C33H26F3NO5S/c34-33(35,36)27-13-7-15-30(21-27)43(39,40)42-28-18-16-24(17-19-28)22-37(23-29-14-8-20-41-29)32(38)31(25-9-3-1-4-10-25)26-11-5-2-6-12-26/h1-21,31H,22-23H2. The molecule has 0 unspecified atom stereocenters. The van der Waals surface area contributed by atoms with Crippen molar-refractivity contribution < 1.29 is 35.0 Å². The highest BCUT2D eigenvalue weighted by molar-refractivity contribution is 7.87. The molecule has 0 aliphatic rings. The minimum absolute atomic E-state index is 0.0866. The third-order valence-corrected chi connectivity index (χ3v) is 7.95. The molecule has 0 saturated heterocycles. The van der Waals surface area contributed by atoms with Gasteiger partial charge in [0.2, 0.25) is 5.91 Å². The van der Waals surface area contributed by atoms with Crippen molar-refractivity contribution in [3.63, 3.8) is 0 Å². The molecule has 1 heterocycles. The van der Waals surface area contributed by atoms with Crippen LogP contribution in [0, 0.1) is 0 Å². The summed E-state index contributed by atoms with van der Waals surface area (Å²) in [5, 5.41) is 0.